The Kier molecular flexibility index (Phi) is 4.59. The first-order valence-electron chi connectivity index (χ1n) is 9.01. The number of benzene rings is 1. The number of rotatable bonds is 5. The van der Waals surface area contributed by atoms with Gasteiger partial charge >= 0.3 is 0 Å². The van der Waals surface area contributed by atoms with E-state index in [4.69, 9.17) is 4.74 Å². The first-order chi connectivity index (χ1) is 12.6. The molecule has 2 N–H and O–H groups in total. The molecule has 2 aromatic rings. The number of pyridine rings is 1. The van der Waals surface area contributed by atoms with Gasteiger partial charge in [-0.1, -0.05) is 6.07 Å². The highest BCUT2D eigenvalue weighted by Gasteiger charge is 2.57. The maximum absolute atomic E-state index is 12.9. The number of aromatic nitrogens is 1. The molecule has 1 aliphatic heterocycles. The molecule has 1 aromatic heterocycles. The van der Waals surface area contributed by atoms with Crippen molar-refractivity contribution in [2.75, 3.05) is 13.1 Å². The third kappa shape index (κ3) is 3.70. The molecule has 0 radical (unpaired) electrons. The Morgan fingerprint density at radius 3 is 2.69 bits per heavy atom. The Balaban J connectivity index is 1.28. The zero-order valence-electron chi connectivity index (χ0n) is 14.5. The number of piperidine rings is 1. The minimum absolute atomic E-state index is 0.151. The van der Waals surface area contributed by atoms with Crippen molar-refractivity contribution in [1.29, 1.82) is 0 Å². The van der Waals surface area contributed by atoms with Gasteiger partial charge < -0.3 is 15.4 Å². The predicted molar refractivity (Wildman–Crippen MR) is 95.2 cm³/mol. The summed E-state index contributed by atoms with van der Waals surface area (Å²) >= 11 is 0. The molecule has 1 saturated carbocycles. The number of carbonyl (C=O) groups is 1. The number of nitrogens with zero attached hydrogens (tertiary/aromatic N) is 1. The molecule has 2 fully saturated rings. The van der Waals surface area contributed by atoms with Crippen molar-refractivity contribution in [3.63, 3.8) is 0 Å². The molecule has 136 valence electrons. The molecule has 1 atom stereocenters. The molecule has 5 nitrogen and oxygen atoms in total. The smallest absolute Gasteiger partial charge is 0.223 e. The van der Waals surface area contributed by atoms with Crippen LogP contribution in [0, 0.1) is 17.2 Å². The van der Waals surface area contributed by atoms with Crippen molar-refractivity contribution < 1.29 is 13.9 Å². The lowest BCUT2D eigenvalue weighted by molar-refractivity contribution is -0.123. The minimum Gasteiger partial charge on any atom is -0.439 e. The maximum atomic E-state index is 12.9. The average Bonchev–Trinajstić information content (AvgIpc) is 3.36. The summed E-state index contributed by atoms with van der Waals surface area (Å²) in [6.45, 7) is 2.50. The SMILES string of the molecule is O=C(NCc1ccc(Oc2ccc(F)cc2)nc1)C1CC12CCNCC2. The van der Waals surface area contributed by atoms with Crippen LogP contribution < -0.4 is 15.4 Å². The first-order valence-corrected chi connectivity index (χ1v) is 9.01. The van der Waals surface area contributed by atoms with Crippen molar-refractivity contribution >= 4 is 5.91 Å². The Morgan fingerprint density at radius 1 is 1.23 bits per heavy atom. The summed E-state index contributed by atoms with van der Waals surface area (Å²) < 4.78 is 18.5. The van der Waals surface area contributed by atoms with Gasteiger partial charge in [-0.2, -0.15) is 0 Å². The molecular weight excluding hydrogens is 333 g/mol. The largest absolute Gasteiger partial charge is 0.439 e. The normalized spacial score (nSPS) is 20.6. The van der Waals surface area contributed by atoms with E-state index < -0.39 is 0 Å². The number of nitrogens with one attached hydrogen (secondary N) is 2. The van der Waals surface area contributed by atoms with Crippen molar-refractivity contribution in [3.8, 4) is 11.6 Å². The van der Waals surface area contributed by atoms with Crippen LogP contribution in [-0.4, -0.2) is 24.0 Å². The summed E-state index contributed by atoms with van der Waals surface area (Å²) in [6, 6.07) is 9.41. The topological polar surface area (TPSA) is 63.2 Å². The lowest BCUT2D eigenvalue weighted by Gasteiger charge is -2.23. The fourth-order valence-electron chi connectivity index (χ4n) is 3.71. The molecule has 1 aliphatic carbocycles. The standard InChI is InChI=1S/C20H22FN3O2/c21-15-2-4-16(5-3-15)26-18-6-1-14(12-23-18)13-24-19(25)17-11-20(17)7-9-22-10-8-20/h1-6,12,17,22H,7-11,13H2,(H,24,25). The molecule has 26 heavy (non-hydrogen) atoms. The van der Waals surface area contributed by atoms with E-state index in [1.807, 2.05) is 6.07 Å². The highest BCUT2D eigenvalue weighted by atomic mass is 19.1. The van der Waals surface area contributed by atoms with E-state index in [9.17, 15) is 9.18 Å². The number of hydrogen-bond donors (Lipinski definition) is 2. The maximum Gasteiger partial charge on any atom is 0.223 e. The molecule has 2 aliphatic rings. The van der Waals surface area contributed by atoms with Crippen LogP contribution in [0.4, 0.5) is 4.39 Å². The van der Waals surface area contributed by atoms with E-state index in [0.29, 0.717) is 18.2 Å². The number of ether oxygens (including phenoxy) is 1. The lowest BCUT2D eigenvalue weighted by Crippen LogP contribution is -2.33. The molecule has 1 aromatic carbocycles. The predicted octanol–water partition coefficient (Wildman–Crippen LogP) is 3.02. The van der Waals surface area contributed by atoms with Gasteiger partial charge in [0.15, 0.2) is 0 Å². The van der Waals surface area contributed by atoms with Gasteiger partial charge in [-0.15, -0.1) is 0 Å². The summed E-state index contributed by atoms with van der Waals surface area (Å²) in [6.07, 6.45) is 4.90. The molecular formula is C20H22FN3O2. The molecule has 1 spiro atoms. The molecule has 6 heteroatoms. The van der Waals surface area contributed by atoms with E-state index in [0.717, 1.165) is 37.9 Å². The van der Waals surface area contributed by atoms with Gasteiger partial charge in [0.25, 0.3) is 0 Å². The number of halogens is 1. The molecule has 1 unspecified atom stereocenters. The van der Waals surface area contributed by atoms with E-state index in [2.05, 4.69) is 15.6 Å². The van der Waals surface area contributed by atoms with Crippen LogP contribution in [0.2, 0.25) is 0 Å². The van der Waals surface area contributed by atoms with Crippen LogP contribution in [-0.2, 0) is 11.3 Å². The van der Waals surface area contributed by atoms with Crippen LogP contribution >= 0.6 is 0 Å². The highest BCUT2D eigenvalue weighted by Crippen LogP contribution is 2.58. The van der Waals surface area contributed by atoms with Crippen LogP contribution in [0.5, 0.6) is 11.6 Å². The van der Waals surface area contributed by atoms with Crippen molar-refractivity contribution in [3.05, 3.63) is 54.0 Å². The summed E-state index contributed by atoms with van der Waals surface area (Å²) in [5.41, 5.74) is 1.17. The Morgan fingerprint density at radius 2 is 2.00 bits per heavy atom. The third-order valence-corrected chi connectivity index (χ3v) is 5.41. The monoisotopic (exact) mass is 355 g/mol. The summed E-state index contributed by atoms with van der Waals surface area (Å²) in [4.78, 5) is 16.6. The van der Waals surface area contributed by atoms with Crippen molar-refractivity contribution in [2.45, 2.75) is 25.8 Å². The Labute approximate surface area is 152 Å². The van der Waals surface area contributed by atoms with E-state index in [-0.39, 0.29) is 23.1 Å². The number of amides is 1. The second-order valence-electron chi connectivity index (χ2n) is 7.15. The van der Waals surface area contributed by atoms with E-state index in [1.165, 1.54) is 12.1 Å². The quantitative estimate of drug-likeness (QED) is 0.865. The van der Waals surface area contributed by atoms with Gasteiger partial charge in [0, 0.05) is 24.7 Å². The van der Waals surface area contributed by atoms with Gasteiger partial charge in [-0.05, 0) is 67.6 Å². The fourth-order valence-corrected chi connectivity index (χ4v) is 3.71. The van der Waals surface area contributed by atoms with Crippen LogP contribution in [0.25, 0.3) is 0 Å². The van der Waals surface area contributed by atoms with Crippen LogP contribution in [0.1, 0.15) is 24.8 Å². The summed E-state index contributed by atoms with van der Waals surface area (Å²) in [5.74, 6) is 0.971. The average molecular weight is 355 g/mol. The molecule has 1 amide bonds. The zero-order chi connectivity index (χ0) is 18.0. The minimum atomic E-state index is -0.307. The molecule has 2 heterocycles. The van der Waals surface area contributed by atoms with Gasteiger partial charge in [-0.3, -0.25) is 4.79 Å². The van der Waals surface area contributed by atoms with Gasteiger partial charge in [-0.25, -0.2) is 9.37 Å². The molecule has 1 saturated heterocycles. The fraction of sp³-hybridized carbons (Fsp3) is 0.400. The second kappa shape index (κ2) is 7.03. The number of hydrogen-bond acceptors (Lipinski definition) is 4. The summed E-state index contributed by atoms with van der Waals surface area (Å²) in [7, 11) is 0. The highest BCUT2D eigenvalue weighted by molar-refractivity contribution is 5.82. The lowest BCUT2D eigenvalue weighted by atomic mass is 9.92. The number of carbonyl (C=O) groups excluding carboxylic acids is 1. The Bertz CT molecular complexity index is 771. The van der Waals surface area contributed by atoms with E-state index >= 15 is 0 Å². The Hall–Kier alpha value is -2.47. The van der Waals surface area contributed by atoms with Crippen molar-refractivity contribution in [2.24, 2.45) is 11.3 Å². The van der Waals surface area contributed by atoms with Crippen LogP contribution in [0.15, 0.2) is 42.6 Å². The zero-order valence-corrected chi connectivity index (χ0v) is 14.5. The van der Waals surface area contributed by atoms with Crippen molar-refractivity contribution in [1.82, 2.24) is 15.6 Å². The molecule has 0 bridgehead atoms. The van der Waals surface area contributed by atoms with Gasteiger partial charge in [0.05, 0.1) is 0 Å². The van der Waals surface area contributed by atoms with Gasteiger partial charge in [0.1, 0.15) is 11.6 Å². The summed E-state index contributed by atoms with van der Waals surface area (Å²) in [5, 5.41) is 6.38. The first kappa shape index (κ1) is 17.0. The van der Waals surface area contributed by atoms with Crippen LogP contribution in [0.3, 0.4) is 0 Å². The molecule has 4 rings (SSSR count). The van der Waals surface area contributed by atoms with Gasteiger partial charge in [0.2, 0.25) is 11.8 Å². The third-order valence-electron chi connectivity index (χ3n) is 5.41. The van der Waals surface area contributed by atoms with E-state index in [1.54, 1.807) is 24.4 Å². The second-order valence-corrected chi connectivity index (χ2v) is 7.15.